The first-order chi connectivity index (χ1) is 8.74. The molecule has 7 heteroatoms. The third-order valence-corrected chi connectivity index (χ3v) is 3.95. The molecule has 2 atom stereocenters. The number of likely N-dealkylation sites (tertiary alicyclic amines) is 1. The average Bonchev–Trinajstić information content (AvgIpc) is 2.72. The molecule has 6 nitrogen and oxygen atoms in total. The average molecular weight is 292 g/mol. The van der Waals surface area contributed by atoms with Crippen molar-refractivity contribution in [2.24, 2.45) is 5.92 Å². The Morgan fingerprint density at radius 1 is 1.47 bits per heavy atom. The highest BCUT2D eigenvalue weighted by molar-refractivity contribution is 7.88. The van der Waals surface area contributed by atoms with E-state index in [0.29, 0.717) is 13.0 Å². The highest BCUT2D eigenvalue weighted by Gasteiger charge is 2.34. The van der Waals surface area contributed by atoms with Crippen LogP contribution in [0.5, 0.6) is 0 Å². The molecule has 1 saturated heterocycles. The fourth-order valence-electron chi connectivity index (χ4n) is 2.44. The summed E-state index contributed by atoms with van der Waals surface area (Å²) in [5.41, 5.74) is 0. The minimum atomic E-state index is -3.43. The zero-order chi connectivity index (χ0) is 14.6. The number of amides is 1. The summed E-state index contributed by atoms with van der Waals surface area (Å²) in [5, 5.41) is 9.25. The van der Waals surface area contributed by atoms with Crippen LogP contribution in [-0.4, -0.2) is 55.8 Å². The highest BCUT2D eigenvalue weighted by Crippen LogP contribution is 2.19. The number of hydrogen-bond donors (Lipinski definition) is 2. The maximum absolute atomic E-state index is 12.4. The molecule has 2 N–H and O–H groups in total. The Balaban J connectivity index is 2.81. The van der Waals surface area contributed by atoms with Gasteiger partial charge in [-0.15, -0.1) is 0 Å². The van der Waals surface area contributed by atoms with Crippen molar-refractivity contribution >= 4 is 15.9 Å². The highest BCUT2D eigenvalue weighted by atomic mass is 32.2. The van der Waals surface area contributed by atoms with Crippen molar-refractivity contribution in [2.75, 3.05) is 19.4 Å². The van der Waals surface area contributed by atoms with E-state index in [-0.39, 0.29) is 24.5 Å². The molecular formula is C12H24N2O4S. The second-order valence-electron chi connectivity index (χ2n) is 5.58. The Kier molecular flexibility index (Phi) is 5.76. The molecule has 0 spiro atoms. The number of carbonyl (C=O) groups excluding carboxylic acids is 1. The van der Waals surface area contributed by atoms with E-state index >= 15 is 0 Å². The first kappa shape index (κ1) is 16.4. The molecule has 112 valence electrons. The van der Waals surface area contributed by atoms with Gasteiger partial charge < -0.3 is 10.0 Å². The summed E-state index contributed by atoms with van der Waals surface area (Å²) in [5.74, 6) is -0.0194. The lowest BCUT2D eigenvalue weighted by Crippen LogP contribution is -2.51. The SMILES string of the molecule is CC(C)CC(NS(C)(=O)=O)C(=O)N1CCC[C@H]1CO. The molecule has 19 heavy (non-hydrogen) atoms. The van der Waals surface area contributed by atoms with E-state index in [0.717, 1.165) is 19.1 Å². The van der Waals surface area contributed by atoms with Crippen molar-refractivity contribution in [3.63, 3.8) is 0 Å². The van der Waals surface area contributed by atoms with Crippen molar-refractivity contribution in [1.29, 1.82) is 0 Å². The number of rotatable bonds is 6. The maximum Gasteiger partial charge on any atom is 0.241 e. The molecule has 1 aliphatic heterocycles. The molecule has 1 aliphatic rings. The van der Waals surface area contributed by atoms with E-state index in [2.05, 4.69) is 4.72 Å². The van der Waals surface area contributed by atoms with Gasteiger partial charge in [0.1, 0.15) is 6.04 Å². The third-order valence-electron chi connectivity index (χ3n) is 3.23. The van der Waals surface area contributed by atoms with E-state index in [1.807, 2.05) is 13.8 Å². The Bertz CT molecular complexity index is 408. The standard InChI is InChI=1S/C12H24N2O4S/c1-9(2)7-11(13-19(3,17)18)12(16)14-6-4-5-10(14)8-15/h9-11,13,15H,4-8H2,1-3H3/t10-,11?/m0/s1. The lowest BCUT2D eigenvalue weighted by Gasteiger charge is -2.28. The number of aliphatic hydroxyl groups is 1. The summed E-state index contributed by atoms with van der Waals surface area (Å²) in [4.78, 5) is 14.0. The van der Waals surface area contributed by atoms with Crippen LogP contribution in [0.4, 0.5) is 0 Å². The number of aliphatic hydroxyl groups excluding tert-OH is 1. The van der Waals surface area contributed by atoms with Crippen LogP contribution in [0.1, 0.15) is 33.1 Å². The van der Waals surface area contributed by atoms with Crippen molar-refractivity contribution in [3.8, 4) is 0 Å². The second kappa shape index (κ2) is 6.67. The van der Waals surface area contributed by atoms with E-state index < -0.39 is 16.1 Å². The van der Waals surface area contributed by atoms with Crippen LogP contribution >= 0.6 is 0 Å². The van der Waals surface area contributed by atoms with Crippen LogP contribution in [0.2, 0.25) is 0 Å². The smallest absolute Gasteiger partial charge is 0.241 e. The predicted molar refractivity (Wildman–Crippen MR) is 73.0 cm³/mol. The van der Waals surface area contributed by atoms with Crippen LogP contribution in [0, 0.1) is 5.92 Å². The van der Waals surface area contributed by atoms with Crippen molar-refractivity contribution in [2.45, 2.75) is 45.2 Å². The topological polar surface area (TPSA) is 86.7 Å². The minimum absolute atomic E-state index is 0.0704. The second-order valence-corrected chi connectivity index (χ2v) is 7.36. The zero-order valence-corrected chi connectivity index (χ0v) is 12.6. The van der Waals surface area contributed by atoms with Gasteiger partial charge >= 0.3 is 0 Å². The van der Waals surface area contributed by atoms with E-state index in [4.69, 9.17) is 0 Å². The molecule has 0 aromatic rings. The minimum Gasteiger partial charge on any atom is -0.394 e. The monoisotopic (exact) mass is 292 g/mol. The first-order valence-electron chi connectivity index (χ1n) is 6.63. The van der Waals surface area contributed by atoms with Crippen LogP contribution in [0.25, 0.3) is 0 Å². The van der Waals surface area contributed by atoms with Gasteiger partial charge in [0, 0.05) is 6.54 Å². The van der Waals surface area contributed by atoms with Crippen LogP contribution in [0.3, 0.4) is 0 Å². The molecule has 1 unspecified atom stereocenters. The summed E-state index contributed by atoms with van der Waals surface area (Å²) >= 11 is 0. The van der Waals surface area contributed by atoms with E-state index in [1.165, 1.54) is 0 Å². The van der Waals surface area contributed by atoms with Gasteiger partial charge in [-0.25, -0.2) is 13.1 Å². The van der Waals surface area contributed by atoms with Crippen molar-refractivity contribution in [1.82, 2.24) is 9.62 Å². The number of carbonyl (C=O) groups is 1. The van der Waals surface area contributed by atoms with Crippen LogP contribution < -0.4 is 4.72 Å². The first-order valence-corrected chi connectivity index (χ1v) is 8.52. The summed E-state index contributed by atoms with van der Waals surface area (Å²) in [6, 6.07) is -0.911. The van der Waals surface area contributed by atoms with Gasteiger partial charge in [0.05, 0.1) is 18.9 Å². The largest absolute Gasteiger partial charge is 0.394 e. The van der Waals surface area contributed by atoms with Crippen LogP contribution in [-0.2, 0) is 14.8 Å². The van der Waals surface area contributed by atoms with Crippen LogP contribution in [0.15, 0.2) is 0 Å². The number of nitrogens with one attached hydrogen (secondary N) is 1. The normalized spacial score (nSPS) is 21.9. The zero-order valence-electron chi connectivity index (χ0n) is 11.8. The third kappa shape index (κ3) is 5.08. The quantitative estimate of drug-likeness (QED) is 0.717. The summed E-state index contributed by atoms with van der Waals surface area (Å²) in [6.07, 6.45) is 3.14. The molecule has 0 radical (unpaired) electrons. The molecule has 0 aromatic heterocycles. The fourth-order valence-corrected chi connectivity index (χ4v) is 3.16. The molecule has 1 fully saturated rings. The van der Waals surface area contributed by atoms with Gasteiger partial charge in [-0.3, -0.25) is 4.79 Å². The maximum atomic E-state index is 12.4. The lowest BCUT2D eigenvalue weighted by molar-refractivity contribution is -0.134. The molecule has 1 rings (SSSR count). The number of sulfonamides is 1. The number of hydrogen-bond acceptors (Lipinski definition) is 4. The molecule has 1 amide bonds. The Labute approximate surface area is 115 Å². The van der Waals surface area contributed by atoms with Gasteiger partial charge in [-0.05, 0) is 25.2 Å². The van der Waals surface area contributed by atoms with Gasteiger partial charge in [0.25, 0.3) is 0 Å². The molecule has 0 aliphatic carbocycles. The molecule has 0 aromatic carbocycles. The van der Waals surface area contributed by atoms with Gasteiger partial charge in [0.15, 0.2) is 0 Å². The summed E-state index contributed by atoms with van der Waals surface area (Å²) in [6.45, 7) is 4.40. The van der Waals surface area contributed by atoms with E-state index in [9.17, 15) is 18.3 Å². The molecule has 0 saturated carbocycles. The Hall–Kier alpha value is -0.660. The lowest BCUT2D eigenvalue weighted by atomic mass is 10.0. The van der Waals surface area contributed by atoms with Gasteiger partial charge in [-0.2, -0.15) is 0 Å². The van der Waals surface area contributed by atoms with Crippen molar-refractivity contribution in [3.05, 3.63) is 0 Å². The van der Waals surface area contributed by atoms with Crippen molar-refractivity contribution < 1.29 is 18.3 Å². The van der Waals surface area contributed by atoms with Gasteiger partial charge in [-0.1, -0.05) is 13.8 Å². The Morgan fingerprint density at radius 2 is 2.11 bits per heavy atom. The summed E-state index contributed by atoms with van der Waals surface area (Å²) in [7, 11) is -3.43. The van der Waals surface area contributed by atoms with E-state index in [1.54, 1.807) is 4.90 Å². The molecule has 1 heterocycles. The Morgan fingerprint density at radius 3 is 2.58 bits per heavy atom. The summed E-state index contributed by atoms with van der Waals surface area (Å²) < 4.78 is 25.1. The molecular weight excluding hydrogens is 268 g/mol. The van der Waals surface area contributed by atoms with Gasteiger partial charge in [0.2, 0.25) is 15.9 Å². The molecule has 0 bridgehead atoms. The fraction of sp³-hybridized carbons (Fsp3) is 0.917. The number of nitrogens with zero attached hydrogens (tertiary/aromatic N) is 1. The predicted octanol–water partition coefficient (Wildman–Crippen LogP) is -0.0664.